The van der Waals surface area contributed by atoms with Crippen molar-refractivity contribution in [3.63, 3.8) is 0 Å². The smallest absolute Gasteiger partial charge is 0.271 e. The van der Waals surface area contributed by atoms with E-state index in [1.165, 1.54) is 0 Å². The Bertz CT molecular complexity index is 639. The molecule has 0 bridgehead atoms. The number of rotatable bonds is 6. The number of nitrogens with zero attached hydrogens (tertiary/aromatic N) is 2. The van der Waals surface area contributed by atoms with Gasteiger partial charge in [0.25, 0.3) is 5.91 Å². The highest BCUT2D eigenvalue weighted by atomic mass is 16.5. The molecule has 0 saturated carbocycles. The van der Waals surface area contributed by atoms with Gasteiger partial charge in [-0.15, -0.1) is 0 Å². The molecule has 0 unspecified atom stereocenters. The Labute approximate surface area is 123 Å². The van der Waals surface area contributed by atoms with Gasteiger partial charge in [-0.25, -0.2) is 5.43 Å². The molecule has 1 aromatic carbocycles. The Hall–Kier alpha value is -2.95. The summed E-state index contributed by atoms with van der Waals surface area (Å²) < 4.78 is 5.42. The average Bonchev–Trinajstić information content (AvgIpc) is 2.54. The summed E-state index contributed by atoms with van der Waals surface area (Å²) in [4.78, 5) is 15.6. The molecule has 21 heavy (non-hydrogen) atoms. The Kier molecular flexibility index (Phi) is 5.23. The maximum atomic E-state index is 11.8. The molecule has 1 aromatic heterocycles. The molecule has 0 spiro atoms. The first-order valence-corrected chi connectivity index (χ1v) is 6.37. The number of benzene rings is 1. The Balaban J connectivity index is 1.95. The molecule has 5 heteroatoms. The van der Waals surface area contributed by atoms with Crippen LogP contribution in [-0.2, 0) is 0 Å². The van der Waals surface area contributed by atoms with E-state index in [0.29, 0.717) is 12.2 Å². The summed E-state index contributed by atoms with van der Waals surface area (Å²) >= 11 is 0. The number of aromatic nitrogens is 1. The van der Waals surface area contributed by atoms with Gasteiger partial charge in [0.05, 0.1) is 6.21 Å². The van der Waals surface area contributed by atoms with Crippen LogP contribution in [0.4, 0.5) is 0 Å². The topological polar surface area (TPSA) is 63.6 Å². The van der Waals surface area contributed by atoms with Crippen LogP contribution >= 0.6 is 0 Å². The standard InChI is InChI=1S/C16H15N3O2/c1-2-10-21-15-5-3-4-13(11-15)12-18-19-16(20)14-6-8-17-9-7-14/h2-9,11-12H,1,10H2,(H,19,20)/b18-12+. The molecule has 106 valence electrons. The van der Waals surface area contributed by atoms with Crippen molar-refractivity contribution in [1.29, 1.82) is 0 Å². The number of carbonyl (C=O) groups is 1. The van der Waals surface area contributed by atoms with Crippen LogP contribution in [0, 0.1) is 0 Å². The number of hydrazone groups is 1. The van der Waals surface area contributed by atoms with Crippen molar-refractivity contribution >= 4 is 12.1 Å². The zero-order valence-corrected chi connectivity index (χ0v) is 11.4. The van der Waals surface area contributed by atoms with Crippen LogP contribution in [0.15, 0.2) is 66.5 Å². The van der Waals surface area contributed by atoms with Gasteiger partial charge in [-0.05, 0) is 29.8 Å². The lowest BCUT2D eigenvalue weighted by molar-refractivity contribution is 0.0955. The molecule has 5 nitrogen and oxygen atoms in total. The summed E-state index contributed by atoms with van der Waals surface area (Å²) in [5.41, 5.74) is 3.79. The van der Waals surface area contributed by atoms with Crippen LogP contribution in [0.1, 0.15) is 15.9 Å². The predicted octanol–water partition coefficient (Wildman–Crippen LogP) is 2.41. The summed E-state index contributed by atoms with van der Waals surface area (Å²) in [7, 11) is 0. The van der Waals surface area contributed by atoms with Gasteiger partial charge in [0.2, 0.25) is 0 Å². The molecular formula is C16H15N3O2. The minimum atomic E-state index is -0.285. The normalized spacial score (nSPS) is 10.3. The van der Waals surface area contributed by atoms with Crippen molar-refractivity contribution in [2.45, 2.75) is 0 Å². The second-order valence-corrected chi connectivity index (χ2v) is 4.11. The fourth-order valence-electron chi connectivity index (χ4n) is 1.57. The minimum absolute atomic E-state index is 0.285. The second kappa shape index (κ2) is 7.59. The van der Waals surface area contributed by atoms with Crippen molar-refractivity contribution in [2.24, 2.45) is 5.10 Å². The SMILES string of the molecule is C=CCOc1cccc(/C=N/NC(=O)c2ccncc2)c1. The second-order valence-electron chi connectivity index (χ2n) is 4.11. The fourth-order valence-corrected chi connectivity index (χ4v) is 1.57. The Morgan fingerprint density at radius 3 is 2.90 bits per heavy atom. The lowest BCUT2D eigenvalue weighted by Crippen LogP contribution is -2.17. The molecule has 0 atom stereocenters. The van der Waals surface area contributed by atoms with Crippen LogP contribution in [0.3, 0.4) is 0 Å². The lowest BCUT2D eigenvalue weighted by Gasteiger charge is -2.03. The van der Waals surface area contributed by atoms with Crippen LogP contribution in [-0.4, -0.2) is 23.7 Å². The van der Waals surface area contributed by atoms with Crippen molar-refractivity contribution in [1.82, 2.24) is 10.4 Å². The summed E-state index contributed by atoms with van der Waals surface area (Å²) in [6.45, 7) is 4.04. The molecule has 0 aliphatic heterocycles. The van der Waals surface area contributed by atoms with Gasteiger partial charge in [0.15, 0.2) is 0 Å². The minimum Gasteiger partial charge on any atom is -0.490 e. The first-order valence-electron chi connectivity index (χ1n) is 6.37. The van der Waals surface area contributed by atoms with E-state index in [2.05, 4.69) is 22.1 Å². The number of hydrogen-bond acceptors (Lipinski definition) is 4. The average molecular weight is 281 g/mol. The largest absolute Gasteiger partial charge is 0.490 e. The first kappa shape index (κ1) is 14.5. The Morgan fingerprint density at radius 1 is 1.33 bits per heavy atom. The Morgan fingerprint density at radius 2 is 2.14 bits per heavy atom. The van der Waals surface area contributed by atoms with Crippen LogP contribution < -0.4 is 10.2 Å². The number of amides is 1. The number of pyridine rings is 1. The molecule has 2 rings (SSSR count). The number of hydrogen-bond donors (Lipinski definition) is 1. The fraction of sp³-hybridized carbons (Fsp3) is 0.0625. The molecule has 0 aliphatic carbocycles. The highest BCUT2D eigenvalue weighted by Crippen LogP contribution is 2.11. The summed E-state index contributed by atoms with van der Waals surface area (Å²) in [5.74, 6) is 0.437. The molecule has 1 heterocycles. The van der Waals surface area contributed by atoms with Crippen LogP contribution in [0.5, 0.6) is 5.75 Å². The number of carbonyl (C=O) groups excluding carboxylic acids is 1. The van der Waals surface area contributed by atoms with Crippen molar-refractivity contribution in [3.05, 3.63) is 72.6 Å². The number of ether oxygens (including phenoxy) is 1. The summed E-state index contributed by atoms with van der Waals surface area (Å²) in [6.07, 6.45) is 6.34. The number of nitrogens with one attached hydrogen (secondary N) is 1. The van der Waals surface area contributed by atoms with Crippen molar-refractivity contribution < 1.29 is 9.53 Å². The van der Waals surface area contributed by atoms with Gasteiger partial charge in [0.1, 0.15) is 12.4 Å². The monoisotopic (exact) mass is 281 g/mol. The third-order valence-electron chi connectivity index (χ3n) is 2.55. The van der Waals surface area contributed by atoms with E-state index in [0.717, 1.165) is 11.3 Å². The molecule has 0 saturated heterocycles. The van der Waals surface area contributed by atoms with E-state index in [4.69, 9.17) is 4.74 Å². The van der Waals surface area contributed by atoms with Gasteiger partial charge in [0, 0.05) is 18.0 Å². The van der Waals surface area contributed by atoms with Crippen LogP contribution in [0.2, 0.25) is 0 Å². The van der Waals surface area contributed by atoms with Crippen molar-refractivity contribution in [2.75, 3.05) is 6.61 Å². The first-order chi connectivity index (χ1) is 10.3. The molecular weight excluding hydrogens is 266 g/mol. The van der Waals surface area contributed by atoms with Gasteiger partial charge >= 0.3 is 0 Å². The van der Waals surface area contributed by atoms with E-state index in [-0.39, 0.29) is 5.91 Å². The van der Waals surface area contributed by atoms with Gasteiger partial charge in [-0.2, -0.15) is 5.10 Å². The lowest BCUT2D eigenvalue weighted by atomic mass is 10.2. The van der Waals surface area contributed by atoms with Gasteiger partial charge in [-0.3, -0.25) is 9.78 Å². The molecule has 1 amide bonds. The van der Waals surface area contributed by atoms with E-state index < -0.39 is 0 Å². The molecule has 2 aromatic rings. The zero-order chi connectivity index (χ0) is 14.9. The third-order valence-corrected chi connectivity index (χ3v) is 2.55. The molecule has 0 radical (unpaired) electrons. The van der Waals surface area contributed by atoms with Crippen molar-refractivity contribution in [3.8, 4) is 5.75 Å². The van der Waals surface area contributed by atoms with E-state index in [1.807, 2.05) is 24.3 Å². The molecule has 1 N–H and O–H groups in total. The highest BCUT2D eigenvalue weighted by Gasteiger charge is 2.01. The van der Waals surface area contributed by atoms with Gasteiger partial charge in [-0.1, -0.05) is 24.8 Å². The summed E-state index contributed by atoms with van der Waals surface area (Å²) in [5, 5.41) is 3.92. The van der Waals surface area contributed by atoms with E-state index in [9.17, 15) is 4.79 Å². The summed E-state index contributed by atoms with van der Waals surface area (Å²) in [6, 6.07) is 10.6. The maximum Gasteiger partial charge on any atom is 0.271 e. The quantitative estimate of drug-likeness (QED) is 0.502. The van der Waals surface area contributed by atoms with E-state index >= 15 is 0 Å². The van der Waals surface area contributed by atoms with E-state index in [1.54, 1.807) is 36.8 Å². The predicted molar refractivity (Wildman–Crippen MR) is 81.4 cm³/mol. The third kappa shape index (κ3) is 4.58. The maximum absolute atomic E-state index is 11.8. The van der Waals surface area contributed by atoms with Gasteiger partial charge < -0.3 is 4.74 Å². The molecule has 0 fully saturated rings. The zero-order valence-electron chi connectivity index (χ0n) is 11.4. The highest BCUT2D eigenvalue weighted by molar-refractivity contribution is 5.94. The van der Waals surface area contributed by atoms with Crippen LogP contribution in [0.25, 0.3) is 0 Å². The molecule has 0 aliphatic rings.